The Morgan fingerprint density at radius 3 is 2.71 bits per heavy atom. The van der Waals surface area contributed by atoms with E-state index in [0.29, 0.717) is 31.9 Å². The molecule has 1 aromatic carbocycles. The van der Waals surface area contributed by atoms with Gasteiger partial charge in [-0.2, -0.15) is 0 Å². The van der Waals surface area contributed by atoms with Gasteiger partial charge in [-0.3, -0.25) is 0 Å². The molecule has 28 heavy (non-hydrogen) atoms. The number of carbonyl (C=O) groups is 2. The predicted octanol–water partition coefficient (Wildman–Crippen LogP) is 3.54. The molecule has 2 amide bonds. The summed E-state index contributed by atoms with van der Waals surface area (Å²) in [7, 11) is 1.27. The van der Waals surface area contributed by atoms with Gasteiger partial charge in [0, 0.05) is 25.4 Å². The number of oxazole rings is 1. The van der Waals surface area contributed by atoms with Gasteiger partial charge in [0.1, 0.15) is 6.26 Å². The van der Waals surface area contributed by atoms with E-state index in [1.54, 1.807) is 4.90 Å². The van der Waals surface area contributed by atoms with Crippen molar-refractivity contribution in [3.8, 4) is 0 Å². The van der Waals surface area contributed by atoms with Gasteiger partial charge in [0.2, 0.25) is 5.89 Å². The lowest BCUT2D eigenvalue weighted by atomic mass is 10.1. The number of amides is 2. The average Bonchev–Trinajstić information content (AvgIpc) is 3.15. The molecule has 8 nitrogen and oxygen atoms in total. The molecule has 0 fully saturated rings. The second kappa shape index (κ2) is 10.5. The maximum absolute atomic E-state index is 12.8. The number of hydrogen-bond donors (Lipinski definition) is 1. The smallest absolute Gasteiger partial charge is 0.360 e. The maximum Gasteiger partial charge on any atom is 0.360 e. The van der Waals surface area contributed by atoms with Crippen molar-refractivity contribution in [3.05, 3.63) is 47.2 Å². The van der Waals surface area contributed by atoms with Crippen molar-refractivity contribution in [3.63, 3.8) is 0 Å². The van der Waals surface area contributed by atoms with Crippen molar-refractivity contribution in [2.24, 2.45) is 0 Å². The molecule has 1 N–H and O–H groups in total. The molecule has 1 aromatic heterocycles. The lowest BCUT2D eigenvalue weighted by Gasteiger charge is -2.22. The van der Waals surface area contributed by atoms with Crippen LogP contribution in [0.5, 0.6) is 0 Å². The van der Waals surface area contributed by atoms with Crippen molar-refractivity contribution in [2.45, 2.75) is 33.7 Å². The topological polar surface area (TPSA) is 93.9 Å². The molecule has 8 heteroatoms. The molecular formula is C20H27N3O5. The summed E-state index contributed by atoms with van der Waals surface area (Å²) in [6, 6.07) is 5.46. The summed E-state index contributed by atoms with van der Waals surface area (Å²) in [5, 5.41) is 2.90. The van der Waals surface area contributed by atoms with Crippen LogP contribution in [0.2, 0.25) is 0 Å². The van der Waals surface area contributed by atoms with E-state index in [1.165, 1.54) is 13.4 Å². The maximum atomic E-state index is 12.8. The van der Waals surface area contributed by atoms with Crippen molar-refractivity contribution in [2.75, 3.05) is 32.2 Å². The standard InChI is InChI=1S/C20H27N3O5/c1-5-27-10-6-9-23(12-18-22-17(13-28-18)19(24)26-4)20(25)21-16-8-7-14(2)15(3)11-16/h7-8,11,13H,5-6,9-10,12H2,1-4H3,(H,21,25). The molecule has 152 valence electrons. The largest absolute Gasteiger partial charge is 0.464 e. The third kappa shape index (κ3) is 6.09. The minimum atomic E-state index is -0.586. The van der Waals surface area contributed by atoms with Crippen LogP contribution in [0.25, 0.3) is 0 Å². The molecule has 0 unspecified atom stereocenters. The van der Waals surface area contributed by atoms with E-state index in [0.717, 1.165) is 11.1 Å². The number of hydrogen-bond acceptors (Lipinski definition) is 6. The first-order valence-corrected chi connectivity index (χ1v) is 9.18. The summed E-state index contributed by atoms with van der Waals surface area (Å²) in [5.74, 6) is -0.329. The fourth-order valence-electron chi connectivity index (χ4n) is 2.52. The molecule has 0 aliphatic heterocycles. The SMILES string of the molecule is CCOCCCN(Cc1nc(C(=O)OC)co1)C(=O)Nc1ccc(C)c(C)c1. The van der Waals surface area contributed by atoms with Gasteiger partial charge in [-0.15, -0.1) is 0 Å². The number of methoxy groups -OCH3 is 1. The molecule has 0 aliphatic carbocycles. The normalized spacial score (nSPS) is 10.6. The number of urea groups is 1. The van der Waals surface area contributed by atoms with Crippen LogP contribution >= 0.6 is 0 Å². The van der Waals surface area contributed by atoms with Gasteiger partial charge in [-0.1, -0.05) is 6.07 Å². The highest BCUT2D eigenvalue weighted by atomic mass is 16.5. The molecule has 0 spiro atoms. The van der Waals surface area contributed by atoms with Gasteiger partial charge < -0.3 is 24.1 Å². The monoisotopic (exact) mass is 389 g/mol. The summed E-state index contributed by atoms with van der Waals surface area (Å²) in [6.07, 6.45) is 1.89. The number of benzene rings is 1. The molecule has 0 aliphatic rings. The highest BCUT2D eigenvalue weighted by Gasteiger charge is 2.19. The van der Waals surface area contributed by atoms with Crippen LogP contribution in [0.3, 0.4) is 0 Å². The van der Waals surface area contributed by atoms with Crippen LogP contribution in [-0.4, -0.2) is 48.8 Å². The van der Waals surface area contributed by atoms with Gasteiger partial charge >= 0.3 is 12.0 Å². The minimum absolute atomic E-state index is 0.0707. The number of rotatable bonds is 9. The molecule has 2 rings (SSSR count). The molecule has 0 saturated heterocycles. The van der Waals surface area contributed by atoms with Crippen LogP contribution in [0.15, 0.2) is 28.9 Å². The third-order valence-corrected chi connectivity index (χ3v) is 4.24. The number of aryl methyl sites for hydroxylation is 2. The zero-order valence-corrected chi connectivity index (χ0v) is 16.8. The van der Waals surface area contributed by atoms with Gasteiger partial charge in [-0.05, 0) is 50.5 Å². The van der Waals surface area contributed by atoms with E-state index in [1.807, 2.05) is 39.0 Å². The summed E-state index contributed by atoms with van der Waals surface area (Å²) in [5.41, 5.74) is 3.03. The number of carbonyl (C=O) groups excluding carboxylic acids is 2. The van der Waals surface area contributed by atoms with Gasteiger partial charge in [-0.25, -0.2) is 14.6 Å². The van der Waals surface area contributed by atoms with Crippen LogP contribution in [0.4, 0.5) is 10.5 Å². The Bertz CT molecular complexity index is 803. The Morgan fingerprint density at radius 2 is 2.04 bits per heavy atom. The van der Waals surface area contributed by atoms with E-state index >= 15 is 0 Å². The minimum Gasteiger partial charge on any atom is -0.464 e. The first-order chi connectivity index (χ1) is 13.4. The Labute approximate surface area is 164 Å². The van der Waals surface area contributed by atoms with Crippen LogP contribution in [0, 0.1) is 13.8 Å². The molecule has 0 radical (unpaired) electrons. The molecule has 0 bridgehead atoms. The number of nitrogens with zero attached hydrogens (tertiary/aromatic N) is 2. The van der Waals surface area contributed by atoms with E-state index in [2.05, 4.69) is 15.0 Å². The van der Waals surface area contributed by atoms with Crippen LogP contribution in [0.1, 0.15) is 40.9 Å². The first-order valence-electron chi connectivity index (χ1n) is 9.18. The lowest BCUT2D eigenvalue weighted by molar-refractivity contribution is 0.0594. The lowest BCUT2D eigenvalue weighted by Crippen LogP contribution is -2.36. The number of anilines is 1. The predicted molar refractivity (Wildman–Crippen MR) is 104 cm³/mol. The van der Waals surface area contributed by atoms with E-state index in [9.17, 15) is 9.59 Å². The zero-order valence-electron chi connectivity index (χ0n) is 16.8. The molecule has 2 aromatic rings. The van der Waals surface area contributed by atoms with E-state index in [-0.39, 0.29) is 24.2 Å². The van der Waals surface area contributed by atoms with Gasteiger partial charge in [0.25, 0.3) is 0 Å². The quantitative estimate of drug-likeness (QED) is 0.521. The van der Waals surface area contributed by atoms with E-state index < -0.39 is 5.97 Å². The van der Waals surface area contributed by atoms with Crippen LogP contribution < -0.4 is 5.32 Å². The van der Waals surface area contributed by atoms with Crippen molar-refractivity contribution in [1.29, 1.82) is 0 Å². The Kier molecular flexibility index (Phi) is 8.01. The summed E-state index contributed by atoms with van der Waals surface area (Å²) < 4.78 is 15.3. The van der Waals surface area contributed by atoms with Crippen molar-refractivity contribution in [1.82, 2.24) is 9.88 Å². The second-order valence-electron chi connectivity index (χ2n) is 6.32. The van der Waals surface area contributed by atoms with Crippen molar-refractivity contribution >= 4 is 17.7 Å². The van der Waals surface area contributed by atoms with Crippen LogP contribution in [-0.2, 0) is 16.0 Å². The Morgan fingerprint density at radius 1 is 1.25 bits per heavy atom. The summed E-state index contributed by atoms with van der Waals surface area (Å²) >= 11 is 0. The summed E-state index contributed by atoms with van der Waals surface area (Å²) in [6.45, 7) is 7.67. The molecule has 1 heterocycles. The third-order valence-electron chi connectivity index (χ3n) is 4.24. The number of ether oxygens (including phenoxy) is 2. The fraction of sp³-hybridized carbons (Fsp3) is 0.450. The average molecular weight is 389 g/mol. The second-order valence-corrected chi connectivity index (χ2v) is 6.32. The van der Waals surface area contributed by atoms with Gasteiger partial charge in [0.15, 0.2) is 5.69 Å². The zero-order chi connectivity index (χ0) is 20.5. The van der Waals surface area contributed by atoms with Gasteiger partial charge in [0.05, 0.1) is 13.7 Å². The molecule has 0 saturated carbocycles. The number of nitrogens with one attached hydrogen (secondary N) is 1. The van der Waals surface area contributed by atoms with Crippen molar-refractivity contribution < 1.29 is 23.5 Å². The Balaban J connectivity index is 2.08. The Hall–Kier alpha value is -2.87. The summed E-state index contributed by atoms with van der Waals surface area (Å²) in [4.78, 5) is 30.0. The van der Waals surface area contributed by atoms with E-state index in [4.69, 9.17) is 9.15 Å². The number of aromatic nitrogens is 1. The highest BCUT2D eigenvalue weighted by molar-refractivity contribution is 5.89. The fourth-order valence-corrected chi connectivity index (χ4v) is 2.52. The number of esters is 1. The molecular weight excluding hydrogens is 362 g/mol. The first kappa shape index (κ1) is 21.4. The highest BCUT2D eigenvalue weighted by Crippen LogP contribution is 2.16. The molecule has 0 atom stereocenters.